The SMILES string of the molecule is CCCC(C)CC(C)(CNC(C)(C)C)C1CC1. The Morgan fingerprint density at radius 2 is 1.76 bits per heavy atom. The number of rotatable bonds is 7. The van der Waals surface area contributed by atoms with E-state index >= 15 is 0 Å². The summed E-state index contributed by atoms with van der Waals surface area (Å²) in [7, 11) is 0. The molecule has 1 heteroatoms. The van der Waals surface area contributed by atoms with E-state index in [-0.39, 0.29) is 5.54 Å². The maximum Gasteiger partial charge on any atom is 0.00967 e. The molecule has 2 unspecified atom stereocenters. The minimum atomic E-state index is 0.254. The van der Waals surface area contributed by atoms with Crippen LogP contribution in [0, 0.1) is 17.3 Å². The first-order chi connectivity index (χ1) is 7.77. The highest BCUT2D eigenvalue weighted by atomic mass is 15.0. The molecule has 1 N–H and O–H groups in total. The standard InChI is InChI=1S/C16H33N/c1-7-8-13(2)11-16(6,14-9-10-14)12-17-15(3,4)5/h13-14,17H,7-12H2,1-6H3. The van der Waals surface area contributed by atoms with Crippen LogP contribution in [0.25, 0.3) is 0 Å². The highest BCUT2D eigenvalue weighted by Crippen LogP contribution is 2.49. The molecule has 1 nitrogen and oxygen atoms in total. The Kier molecular flexibility index (Phi) is 5.07. The normalized spacial score (nSPS) is 22.2. The Hall–Kier alpha value is -0.0400. The molecule has 1 fully saturated rings. The molecule has 0 saturated heterocycles. The van der Waals surface area contributed by atoms with Crippen molar-refractivity contribution in [2.24, 2.45) is 17.3 Å². The van der Waals surface area contributed by atoms with Gasteiger partial charge in [0.1, 0.15) is 0 Å². The van der Waals surface area contributed by atoms with Crippen LogP contribution in [-0.2, 0) is 0 Å². The molecule has 0 amide bonds. The molecule has 1 saturated carbocycles. The van der Waals surface area contributed by atoms with Gasteiger partial charge >= 0.3 is 0 Å². The van der Waals surface area contributed by atoms with E-state index in [0.717, 1.165) is 11.8 Å². The van der Waals surface area contributed by atoms with Gasteiger partial charge in [-0.3, -0.25) is 0 Å². The third kappa shape index (κ3) is 5.42. The quantitative estimate of drug-likeness (QED) is 0.683. The van der Waals surface area contributed by atoms with Crippen molar-refractivity contribution in [3.63, 3.8) is 0 Å². The summed E-state index contributed by atoms with van der Waals surface area (Å²) in [6.45, 7) is 15.3. The van der Waals surface area contributed by atoms with Crippen molar-refractivity contribution in [1.29, 1.82) is 0 Å². The van der Waals surface area contributed by atoms with Crippen molar-refractivity contribution in [1.82, 2.24) is 5.32 Å². The first-order valence-corrected chi connectivity index (χ1v) is 7.52. The van der Waals surface area contributed by atoms with Crippen LogP contribution in [0.2, 0.25) is 0 Å². The van der Waals surface area contributed by atoms with E-state index in [1.54, 1.807) is 0 Å². The summed E-state index contributed by atoms with van der Waals surface area (Å²) in [5, 5.41) is 3.73. The van der Waals surface area contributed by atoms with Crippen molar-refractivity contribution in [3.8, 4) is 0 Å². The second kappa shape index (κ2) is 5.73. The van der Waals surface area contributed by atoms with Crippen LogP contribution in [-0.4, -0.2) is 12.1 Å². The van der Waals surface area contributed by atoms with Crippen LogP contribution < -0.4 is 5.32 Å². The highest BCUT2D eigenvalue weighted by Gasteiger charge is 2.42. The van der Waals surface area contributed by atoms with Crippen LogP contribution >= 0.6 is 0 Å². The maximum atomic E-state index is 3.73. The lowest BCUT2D eigenvalue weighted by Gasteiger charge is -2.36. The average Bonchev–Trinajstić information content (AvgIpc) is 2.97. The van der Waals surface area contributed by atoms with Crippen LogP contribution in [0.5, 0.6) is 0 Å². The van der Waals surface area contributed by atoms with Gasteiger partial charge in [-0.2, -0.15) is 0 Å². The number of hydrogen-bond donors (Lipinski definition) is 1. The fourth-order valence-corrected chi connectivity index (χ4v) is 3.02. The lowest BCUT2D eigenvalue weighted by atomic mass is 9.75. The number of nitrogens with one attached hydrogen (secondary N) is 1. The van der Waals surface area contributed by atoms with Crippen molar-refractivity contribution < 1.29 is 0 Å². The molecule has 102 valence electrons. The van der Waals surface area contributed by atoms with Gasteiger partial charge in [0.25, 0.3) is 0 Å². The summed E-state index contributed by atoms with van der Waals surface area (Å²) in [5.74, 6) is 1.86. The largest absolute Gasteiger partial charge is 0.312 e. The first-order valence-electron chi connectivity index (χ1n) is 7.52. The first kappa shape index (κ1) is 15.0. The van der Waals surface area contributed by atoms with E-state index in [1.807, 2.05) is 0 Å². The molecule has 0 heterocycles. The molecule has 17 heavy (non-hydrogen) atoms. The van der Waals surface area contributed by atoms with Gasteiger partial charge in [-0.25, -0.2) is 0 Å². The lowest BCUT2D eigenvalue weighted by Crippen LogP contribution is -2.44. The molecular formula is C16H33N. The minimum Gasteiger partial charge on any atom is -0.312 e. The lowest BCUT2D eigenvalue weighted by molar-refractivity contribution is 0.178. The Balaban J connectivity index is 2.50. The van der Waals surface area contributed by atoms with Crippen LogP contribution in [0.15, 0.2) is 0 Å². The molecule has 0 aromatic heterocycles. The van der Waals surface area contributed by atoms with E-state index < -0.39 is 0 Å². The summed E-state index contributed by atoms with van der Waals surface area (Å²) >= 11 is 0. The summed E-state index contributed by atoms with van der Waals surface area (Å²) < 4.78 is 0. The topological polar surface area (TPSA) is 12.0 Å². The monoisotopic (exact) mass is 239 g/mol. The van der Waals surface area contributed by atoms with E-state index in [2.05, 4.69) is 46.9 Å². The molecule has 0 aromatic rings. The smallest absolute Gasteiger partial charge is 0.00967 e. The van der Waals surface area contributed by atoms with Crippen molar-refractivity contribution in [2.75, 3.05) is 6.54 Å². The van der Waals surface area contributed by atoms with Gasteiger partial charge < -0.3 is 5.32 Å². The maximum absolute atomic E-state index is 3.73. The average molecular weight is 239 g/mol. The highest BCUT2D eigenvalue weighted by molar-refractivity contribution is 4.94. The van der Waals surface area contributed by atoms with Crippen molar-refractivity contribution in [3.05, 3.63) is 0 Å². The fraction of sp³-hybridized carbons (Fsp3) is 1.00. The van der Waals surface area contributed by atoms with Gasteiger partial charge in [-0.1, -0.05) is 33.6 Å². The van der Waals surface area contributed by atoms with Gasteiger partial charge in [-0.15, -0.1) is 0 Å². The Morgan fingerprint density at radius 3 is 2.18 bits per heavy atom. The second-order valence-corrected chi connectivity index (χ2v) is 7.63. The number of hydrogen-bond acceptors (Lipinski definition) is 1. The van der Waals surface area contributed by atoms with Gasteiger partial charge in [0, 0.05) is 12.1 Å². The minimum absolute atomic E-state index is 0.254. The van der Waals surface area contributed by atoms with E-state index in [0.29, 0.717) is 5.41 Å². The predicted octanol–water partition coefficient (Wildman–Crippen LogP) is 4.62. The van der Waals surface area contributed by atoms with Crippen LogP contribution in [0.3, 0.4) is 0 Å². The predicted molar refractivity (Wildman–Crippen MR) is 77.3 cm³/mol. The fourth-order valence-electron chi connectivity index (χ4n) is 3.02. The van der Waals surface area contributed by atoms with Crippen molar-refractivity contribution >= 4 is 0 Å². The van der Waals surface area contributed by atoms with E-state index in [9.17, 15) is 0 Å². The summed E-state index contributed by atoms with van der Waals surface area (Å²) in [6, 6.07) is 0. The third-order valence-corrected chi connectivity index (χ3v) is 4.18. The zero-order valence-electron chi connectivity index (χ0n) is 12.9. The van der Waals surface area contributed by atoms with E-state index in [4.69, 9.17) is 0 Å². The zero-order valence-corrected chi connectivity index (χ0v) is 12.9. The molecule has 0 radical (unpaired) electrons. The summed E-state index contributed by atoms with van der Waals surface area (Å²) in [5.41, 5.74) is 0.784. The molecule has 0 aliphatic heterocycles. The van der Waals surface area contributed by atoms with Gasteiger partial charge in [0.15, 0.2) is 0 Å². The molecular weight excluding hydrogens is 206 g/mol. The van der Waals surface area contributed by atoms with Crippen LogP contribution in [0.1, 0.15) is 73.6 Å². The third-order valence-electron chi connectivity index (χ3n) is 4.18. The van der Waals surface area contributed by atoms with Crippen LogP contribution in [0.4, 0.5) is 0 Å². The second-order valence-electron chi connectivity index (χ2n) is 7.63. The molecule has 0 spiro atoms. The Labute approximate surface area is 109 Å². The Bertz CT molecular complexity index is 224. The molecule has 1 rings (SSSR count). The Morgan fingerprint density at radius 1 is 1.18 bits per heavy atom. The zero-order chi connectivity index (χ0) is 13.1. The van der Waals surface area contributed by atoms with Gasteiger partial charge in [-0.05, 0) is 57.3 Å². The van der Waals surface area contributed by atoms with E-state index in [1.165, 1.54) is 38.6 Å². The van der Waals surface area contributed by atoms with Gasteiger partial charge in [0.05, 0.1) is 0 Å². The molecule has 0 bridgehead atoms. The summed E-state index contributed by atoms with van der Waals surface area (Å²) in [6.07, 6.45) is 7.03. The molecule has 2 atom stereocenters. The molecule has 1 aliphatic carbocycles. The summed E-state index contributed by atoms with van der Waals surface area (Å²) in [4.78, 5) is 0. The molecule has 0 aromatic carbocycles. The van der Waals surface area contributed by atoms with Gasteiger partial charge in [0.2, 0.25) is 0 Å². The molecule has 1 aliphatic rings. The van der Waals surface area contributed by atoms with Crippen molar-refractivity contribution in [2.45, 2.75) is 79.2 Å².